The van der Waals surface area contributed by atoms with E-state index in [0.29, 0.717) is 0 Å². The summed E-state index contributed by atoms with van der Waals surface area (Å²) >= 11 is 0. The van der Waals surface area contributed by atoms with Gasteiger partial charge < -0.3 is 9.84 Å². The zero-order chi connectivity index (χ0) is 7.11. The predicted molar refractivity (Wildman–Crippen MR) is 26.6 cm³/mol. The van der Waals surface area contributed by atoms with Crippen molar-refractivity contribution in [3.63, 3.8) is 0 Å². The summed E-state index contributed by atoms with van der Waals surface area (Å²) in [6.07, 6.45) is 1.20. The molecule has 0 aromatic carbocycles. The van der Waals surface area contributed by atoms with E-state index in [1.165, 1.54) is 6.08 Å². The second kappa shape index (κ2) is 4.96. The van der Waals surface area contributed by atoms with E-state index in [4.69, 9.17) is 5.11 Å². The molecule has 0 saturated heterocycles. The van der Waals surface area contributed by atoms with E-state index in [1.54, 1.807) is 0 Å². The number of carbonyl (C=O) groups excluding carboxylic acids is 1. The van der Waals surface area contributed by atoms with Gasteiger partial charge in [-0.2, -0.15) is 4.99 Å². The third-order valence-corrected chi connectivity index (χ3v) is 0.446. The molecule has 0 unspecified atom stereocenters. The summed E-state index contributed by atoms with van der Waals surface area (Å²) < 4.78 is 4.31. The first-order chi connectivity index (χ1) is 4.27. The molecule has 0 aliphatic carbocycles. The van der Waals surface area contributed by atoms with Gasteiger partial charge >= 0.3 is 5.97 Å². The van der Waals surface area contributed by atoms with Gasteiger partial charge in [0.15, 0.2) is 6.73 Å². The topological polar surface area (TPSA) is 76.0 Å². The summed E-state index contributed by atoms with van der Waals surface area (Å²) in [6.45, 7) is -0.680. The highest BCUT2D eigenvalue weighted by atomic mass is 16.5. The Morgan fingerprint density at radius 3 is 2.89 bits per heavy atom. The number of hydrogen-bond acceptors (Lipinski definition) is 4. The molecule has 1 N–H and O–H groups in total. The predicted octanol–water partition coefficient (Wildman–Crippen LogP) is -0.619. The summed E-state index contributed by atoms with van der Waals surface area (Å²) in [7, 11) is 0. The van der Waals surface area contributed by atoms with Gasteiger partial charge in [-0.15, -0.1) is 0 Å². The van der Waals surface area contributed by atoms with Gasteiger partial charge in [-0.05, 0) is 0 Å². The van der Waals surface area contributed by atoms with Crippen LogP contribution in [0, 0.1) is 0 Å². The van der Waals surface area contributed by atoms with Crippen LogP contribution in [-0.2, 0) is 14.3 Å². The Kier molecular flexibility index (Phi) is 4.30. The number of carbonyl (C=O) groups is 1. The highest BCUT2D eigenvalue weighted by molar-refractivity contribution is 5.67. The minimum Gasteiger partial charge on any atom is -0.480 e. The van der Waals surface area contributed by atoms with E-state index in [2.05, 4.69) is 9.73 Å². The summed E-state index contributed by atoms with van der Waals surface area (Å²) in [4.78, 5) is 22.0. The van der Waals surface area contributed by atoms with Crippen molar-refractivity contribution < 1.29 is 19.4 Å². The maximum absolute atomic E-state index is 9.70. The minimum absolute atomic E-state index is 0.240. The molecule has 0 rings (SSSR count). The van der Waals surface area contributed by atoms with Crippen molar-refractivity contribution in [2.24, 2.45) is 4.99 Å². The van der Waals surface area contributed by atoms with Crippen molar-refractivity contribution in [3.8, 4) is 0 Å². The zero-order valence-electron chi connectivity index (χ0n) is 4.53. The summed E-state index contributed by atoms with van der Waals surface area (Å²) in [5.74, 6) is -1.09. The molecule has 0 heterocycles. The molecular weight excluding hydrogens is 126 g/mol. The Labute approximate surface area is 51.0 Å². The van der Waals surface area contributed by atoms with Gasteiger partial charge in [0, 0.05) is 0 Å². The first-order valence-corrected chi connectivity index (χ1v) is 2.10. The Hall–Kier alpha value is -1.19. The van der Waals surface area contributed by atoms with E-state index in [1.807, 2.05) is 0 Å². The fraction of sp³-hybridized carbons (Fsp3) is 0.500. The lowest BCUT2D eigenvalue weighted by Crippen LogP contribution is -2.06. The van der Waals surface area contributed by atoms with Crippen molar-refractivity contribution in [1.82, 2.24) is 0 Å². The zero-order valence-corrected chi connectivity index (χ0v) is 4.53. The van der Waals surface area contributed by atoms with E-state index in [-0.39, 0.29) is 6.73 Å². The lowest BCUT2D eigenvalue weighted by Gasteiger charge is -1.90. The molecule has 0 saturated carbocycles. The summed E-state index contributed by atoms with van der Waals surface area (Å²) in [5, 5.41) is 7.95. The molecule has 0 aliphatic rings. The smallest absolute Gasteiger partial charge is 0.329 e. The third kappa shape index (κ3) is 6.81. The molecule has 0 bridgehead atoms. The molecule has 0 spiro atoms. The second-order valence-corrected chi connectivity index (χ2v) is 1.12. The van der Waals surface area contributed by atoms with Crippen LogP contribution in [0.15, 0.2) is 4.99 Å². The largest absolute Gasteiger partial charge is 0.480 e. The number of nitrogens with zero attached hydrogens (tertiary/aromatic N) is 1. The number of aliphatic imine (C=N–C) groups is 1. The molecule has 5 nitrogen and oxygen atoms in total. The summed E-state index contributed by atoms with van der Waals surface area (Å²) in [5.41, 5.74) is 0. The van der Waals surface area contributed by atoms with Gasteiger partial charge in [-0.25, -0.2) is 9.59 Å². The minimum atomic E-state index is -1.09. The first kappa shape index (κ1) is 7.81. The number of rotatable bonds is 4. The van der Waals surface area contributed by atoms with Gasteiger partial charge in [0.05, 0.1) is 0 Å². The van der Waals surface area contributed by atoms with Crippen molar-refractivity contribution in [2.45, 2.75) is 0 Å². The Morgan fingerprint density at radius 1 is 1.78 bits per heavy atom. The molecule has 0 aromatic rings. The molecule has 5 heteroatoms. The number of carboxylic acid groups (broad SMARTS) is 1. The number of carboxylic acids is 1. The molecular formula is C4H5NO4. The molecule has 0 aliphatic heterocycles. The Bertz CT molecular complexity index is 136. The van der Waals surface area contributed by atoms with Crippen molar-refractivity contribution in [3.05, 3.63) is 0 Å². The van der Waals surface area contributed by atoms with Crippen LogP contribution >= 0.6 is 0 Å². The van der Waals surface area contributed by atoms with E-state index in [9.17, 15) is 9.59 Å². The van der Waals surface area contributed by atoms with Crippen LogP contribution in [-0.4, -0.2) is 30.5 Å². The number of isocyanates is 1. The van der Waals surface area contributed by atoms with Gasteiger partial charge in [0.25, 0.3) is 0 Å². The average molecular weight is 131 g/mol. The number of ether oxygens (including phenoxy) is 1. The average Bonchev–Trinajstić information content (AvgIpc) is 1.80. The van der Waals surface area contributed by atoms with Crippen LogP contribution in [0.2, 0.25) is 0 Å². The molecule has 0 atom stereocenters. The molecule has 0 fully saturated rings. The Morgan fingerprint density at radius 2 is 2.44 bits per heavy atom. The van der Waals surface area contributed by atoms with Crippen LogP contribution in [0.5, 0.6) is 0 Å². The quantitative estimate of drug-likeness (QED) is 0.313. The Balaban J connectivity index is 3.10. The maximum atomic E-state index is 9.70. The first-order valence-electron chi connectivity index (χ1n) is 2.10. The van der Waals surface area contributed by atoms with E-state index < -0.39 is 12.6 Å². The second-order valence-electron chi connectivity index (χ2n) is 1.12. The van der Waals surface area contributed by atoms with E-state index >= 15 is 0 Å². The van der Waals surface area contributed by atoms with Crippen LogP contribution in [0.3, 0.4) is 0 Å². The van der Waals surface area contributed by atoms with Crippen molar-refractivity contribution in [2.75, 3.05) is 13.3 Å². The third-order valence-electron chi connectivity index (χ3n) is 0.446. The highest BCUT2D eigenvalue weighted by Crippen LogP contribution is 1.72. The van der Waals surface area contributed by atoms with Crippen molar-refractivity contribution >= 4 is 12.0 Å². The molecule has 0 amide bonds. The molecule has 9 heavy (non-hydrogen) atoms. The lowest BCUT2D eigenvalue weighted by atomic mass is 10.7. The van der Waals surface area contributed by atoms with Crippen LogP contribution in [0.1, 0.15) is 0 Å². The van der Waals surface area contributed by atoms with Gasteiger partial charge in [0.2, 0.25) is 6.08 Å². The normalized spacial score (nSPS) is 8.00. The number of hydrogen-bond donors (Lipinski definition) is 1. The van der Waals surface area contributed by atoms with Crippen LogP contribution in [0.25, 0.3) is 0 Å². The molecule has 0 radical (unpaired) electrons. The lowest BCUT2D eigenvalue weighted by molar-refractivity contribution is -0.142. The standard InChI is InChI=1S/C4H5NO4/c6-2-5-3-9-1-4(7)8/h1,3H2,(H,7,8). The van der Waals surface area contributed by atoms with Crippen molar-refractivity contribution in [1.29, 1.82) is 0 Å². The summed E-state index contributed by atoms with van der Waals surface area (Å²) in [6, 6.07) is 0. The van der Waals surface area contributed by atoms with Gasteiger partial charge in [-0.3, -0.25) is 0 Å². The maximum Gasteiger partial charge on any atom is 0.329 e. The molecule has 0 aromatic heterocycles. The fourth-order valence-corrected chi connectivity index (χ4v) is 0.205. The monoisotopic (exact) mass is 131 g/mol. The van der Waals surface area contributed by atoms with Crippen LogP contribution in [0.4, 0.5) is 0 Å². The van der Waals surface area contributed by atoms with E-state index in [0.717, 1.165) is 0 Å². The van der Waals surface area contributed by atoms with Gasteiger partial charge in [-0.1, -0.05) is 0 Å². The highest BCUT2D eigenvalue weighted by Gasteiger charge is 1.92. The SMILES string of the molecule is O=C=NCOCC(=O)O. The van der Waals surface area contributed by atoms with Gasteiger partial charge in [0.1, 0.15) is 6.61 Å². The number of aliphatic carboxylic acids is 1. The fourth-order valence-electron chi connectivity index (χ4n) is 0.205. The molecule has 50 valence electrons. The van der Waals surface area contributed by atoms with Crippen LogP contribution < -0.4 is 0 Å².